The van der Waals surface area contributed by atoms with Crippen molar-refractivity contribution in [2.75, 3.05) is 5.32 Å². The van der Waals surface area contributed by atoms with Crippen molar-refractivity contribution in [2.45, 2.75) is 45.7 Å². The van der Waals surface area contributed by atoms with Gasteiger partial charge in [-0.1, -0.05) is 18.5 Å². The summed E-state index contributed by atoms with van der Waals surface area (Å²) >= 11 is 5.81. The second kappa shape index (κ2) is 6.10. The van der Waals surface area contributed by atoms with Crippen LogP contribution in [0.25, 0.3) is 0 Å². The lowest BCUT2D eigenvalue weighted by atomic mass is 10.0. The molecule has 1 aromatic rings. The van der Waals surface area contributed by atoms with E-state index in [1.54, 1.807) is 12.1 Å². The van der Waals surface area contributed by atoms with Gasteiger partial charge in [0.15, 0.2) is 0 Å². The molecule has 0 aliphatic carbocycles. The fraction of sp³-hybridized carbons (Fsp3) is 0.500. The summed E-state index contributed by atoms with van der Waals surface area (Å²) in [6.07, 6.45) is 0.895. The van der Waals surface area contributed by atoms with Crippen LogP contribution in [0.4, 0.5) is 5.69 Å². The third-order valence-electron chi connectivity index (χ3n) is 2.97. The molecular formula is C14H21ClN2O. The largest absolute Gasteiger partial charge is 0.374 e. The molecule has 1 rings (SSSR count). The number of amides is 1. The first-order chi connectivity index (χ1) is 8.34. The number of halogens is 1. The maximum atomic E-state index is 12.0. The molecule has 1 aromatic carbocycles. The van der Waals surface area contributed by atoms with Crippen LogP contribution >= 0.6 is 11.6 Å². The number of anilines is 1. The van der Waals surface area contributed by atoms with Gasteiger partial charge in [-0.3, -0.25) is 4.79 Å². The summed E-state index contributed by atoms with van der Waals surface area (Å²) in [5.41, 5.74) is 0.712. The zero-order chi connectivity index (χ0) is 13.8. The number of hydrogen-bond donors (Lipinski definition) is 2. The van der Waals surface area contributed by atoms with Crippen LogP contribution in [0.3, 0.4) is 0 Å². The van der Waals surface area contributed by atoms with Crippen LogP contribution in [0.5, 0.6) is 0 Å². The topological polar surface area (TPSA) is 41.1 Å². The second-order valence-electron chi connectivity index (χ2n) is 5.10. The van der Waals surface area contributed by atoms with Gasteiger partial charge in [-0.15, -0.1) is 0 Å². The predicted molar refractivity (Wildman–Crippen MR) is 77.0 cm³/mol. The maximum Gasteiger partial charge on any atom is 0.242 e. The van der Waals surface area contributed by atoms with Gasteiger partial charge in [-0.2, -0.15) is 0 Å². The molecule has 4 heteroatoms. The molecule has 1 amide bonds. The van der Waals surface area contributed by atoms with E-state index in [-0.39, 0.29) is 17.5 Å². The molecular weight excluding hydrogens is 248 g/mol. The maximum absolute atomic E-state index is 12.0. The number of rotatable bonds is 5. The Bertz CT molecular complexity index is 401. The minimum atomic E-state index is -0.281. The SMILES string of the molecule is CCC(C)(C)NC(=O)C(C)Nc1ccc(Cl)cc1. The van der Waals surface area contributed by atoms with Gasteiger partial charge < -0.3 is 10.6 Å². The van der Waals surface area contributed by atoms with Gasteiger partial charge in [0, 0.05) is 16.2 Å². The zero-order valence-corrected chi connectivity index (χ0v) is 12.1. The van der Waals surface area contributed by atoms with E-state index in [4.69, 9.17) is 11.6 Å². The van der Waals surface area contributed by atoms with E-state index in [9.17, 15) is 4.79 Å². The summed E-state index contributed by atoms with van der Waals surface area (Å²) < 4.78 is 0. The number of nitrogens with one attached hydrogen (secondary N) is 2. The molecule has 0 saturated carbocycles. The highest BCUT2D eigenvalue weighted by Crippen LogP contribution is 2.14. The van der Waals surface area contributed by atoms with E-state index in [0.29, 0.717) is 5.02 Å². The Morgan fingerprint density at radius 3 is 2.39 bits per heavy atom. The van der Waals surface area contributed by atoms with E-state index in [1.165, 1.54) is 0 Å². The Balaban J connectivity index is 2.57. The molecule has 0 saturated heterocycles. The molecule has 0 bridgehead atoms. The van der Waals surface area contributed by atoms with Gasteiger partial charge >= 0.3 is 0 Å². The lowest BCUT2D eigenvalue weighted by Gasteiger charge is -2.27. The van der Waals surface area contributed by atoms with E-state index >= 15 is 0 Å². The molecule has 0 fully saturated rings. The lowest BCUT2D eigenvalue weighted by molar-refractivity contribution is -0.123. The fourth-order valence-corrected chi connectivity index (χ4v) is 1.52. The Hall–Kier alpha value is -1.22. The number of carbonyl (C=O) groups excluding carboxylic acids is 1. The minimum Gasteiger partial charge on any atom is -0.374 e. The number of benzene rings is 1. The standard InChI is InChI=1S/C14H21ClN2O/c1-5-14(3,4)17-13(18)10(2)16-12-8-6-11(15)7-9-12/h6-10,16H,5H2,1-4H3,(H,17,18). The van der Waals surface area contributed by atoms with Gasteiger partial charge in [0.1, 0.15) is 6.04 Å². The highest BCUT2D eigenvalue weighted by atomic mass is 35.5. The average molecular weight is 269 g/mol. The van der Waals surface area contributed by atoms with Crippen molar-refractivity contribution in [1.82, 2.24) is 5.32 Å². The van der Waals surface area contributed by atoms with Crippen molar-refractivity contribution in [3.8, 4) is 0 Å². The zero-order valence-electron chi connectivity index (χ0n) is 11.4. The quantitative estimate of drug-likeness (QED) is 0.859. The monoisotopic (exact) mass is 268 g/mol. The fourth-order valence-electron chi connectivity index (χ4n) is 1.39. The minimum absolute atomic E-state index is 0.00296. The third kappa shape index (κ3) is 4.57. The molecule has 0 heterocycles. The molecule has 18 heavy (non-hydrogen) atoms. The van der Waals surface area contributed by atoms with E-state index in [2.05, 4.69) is 17.6 Å². The van der Waals surface area contributed by atoms with Crippen LogP contribution in [-0.4, -0.2) is 17.5 Å². The van der Waals surface area contributed by atoms with E-state index in [0.717, 1.165) is 12.1 Å². The first-order valence-corrected chi connectivity index (χ1v) is 6.56. The lowest BCUT2D eigenvalue weighted by Crippen LogP contribution is -2.48. The molecule has 0 aromatic heterocycles. The van der Waals surface area contributed by atoms with Crippen molar-refractivity contribution in [3.05, 3.63) is 29.3 Å². The summed E-state index contributed by atoms with van der Waals surface area (Å²) in [4.78, 5) is 12.0. The van der Waals surface area contributed by atoms with Gasteiger partial charge in [0.25, 0.3) is 0 Å². The Morgan fingerprint density at radius 1 is 1.33 bits per heavy atom. The number of carbonyl (C=O) groups is 1. The summed E-state index contributed by atoms with van der Waals surface area (Å²) in [6, 6.07) is 7.03. The summed E-state index contributed by atoms with van der Waals surface area (Å²) in [6.45, 7) is 7.92. The molecule has 1 atom stereocenters. The summed E-state index contributed by atoms with van der Waals surface area (Å²) in [5, 5.41) is 6.84. The molecule has 0 aliphatic heterocycles. The molecule has 1 unspecified atom stereocenters. The smallest absolute Gasteiger partial charge is 0.242 e. The molecule has 2 N–H and O–H groups in total. The summed E-state index contributed by atoms with van der Waals surface area (Å²) in [7, 11) is 0. The Kier molecular flexibility index (Phi) is 5.03. The van der Waals surface area contributed by atoms with Crippen LogP contribution in [0, 0.1) is 0 Å². The molecule has 100 valence electrons. The van der Waals surface area contributed by atoms with Crippen LogP contribution in [0.2, 0.25) is 5.02 Å². The van der Waals surface area contributed by atoms with Gasteiger partial charge in [0.2, 0.25) is 5.91 Å². The van der Waals surface area contributed by atoms with Crippen LogP contribution in [0.15, 0.2) is 24.3 Å². The van der Waals surface area contributed by atoms with E-state index < -0.39 is 0 Å². The Morgan fingerprint density at radius 2 is 1.89 bits per heavy atom. The van der Waals surface area contributed by atoms with Crippen LogP contribution in [-0.2, 0) is 4.79 Å². The normalized spacial score (nSPS) is 12.9. The van der Waals surface area contributed by atoms with Crippen molar-refractivity contribution in [3.63, 3.8) is 0 Å². The van der Waals surface area contributed by atoms with Gasteiger partial charge in [-0.05, 0) is 51.5 Å². The third-order valence-corrected chi connectivity index (χ3v) is 3.22. The van der Waals surface area contributed by atoms with Crippen molar-refractivity contribution >= 4 is 23.2 Å². The van der Waals surface area contributed by atoms with E-state index in [1.807, 2.05) is 32.9 Å². The van der Waals surface area contributed by atoms with Gasteiger partial charge in [0.05, 0.1) is 0 Å². The highest BCUT2D eigenvalue weighted by Gasteiger charge is 2.21. The number of hydrogen-bond acceptors (Lipinski definition) is 2. The van der Waals surface area contributed by atoms with Crippen LogP contribution < -0.4 is 10.6 Å². The molecule has 0 radical (unpaired) electrons. The molecule has 3 nitrogen and oxygen atoms in total. The first kappa shape index (κ1) is 14.8. The van der Waals surface area contributed by atoms with Crippen molar-refractivity contribution in [2.24, 2.45) is 0 Å². The van der Waals surface area contributed by atoms with Crippen molar-refractivity contribution < 1.29 is 4.79 Å². The summed E-state index contributed by atoms with van der Waals surface area (Å²) in [5.74, 6) is -0.00296. The van der Waals surface area contributed by atoms with Crippen molar-refractivity contribution in [1.29, 1.82) is 0 Å². The Labute approximate surface area is 114 Å². The molecule has 0 spiro atoms. The van der Waals surface area contributed by atoms with Crippen LogP contribution in [0.1, 0.15) is 34.1 Å². The second-order valence-corrected chi connectivity index (χ2v) is 5.54. The predicted octanol–water partition coefficient (Wildman–Crippen LogP) is 3.45. The van der Waals surface area contributed by atoms with Gasteiger partial charge in [-0.25, -0.2) is 0 Å². The first-order valence-electron chi connectivity index (χ1n) is 6.18. The average Bonchev–Trinajstić information content (AvgIpc) is 2.31. The highest BCUT2D eigenvalue weighted by molar-refractivity contribution is 6.30. The molecule has 0 aliphatic rings.